The Labute approximate surface area is 143 Å². The lowest BCUT2D eigenvalue weighted by Crippen LogP contribution is -2.40. The molecule has 0 aliphatic rings. The van der Waals surface area contributed by atoms with Crippen LogP contribution in [0.1, 0.15) is 16.8 Å². The number of aliphatic imine (C=N–C) groups is 1. The summed E-state index contributed by atoms with van der Waals surface area (Å²) in [6.45, 7) is 3.34. The summed E-state index contributed by atoms with van der Waals surface area (Å²) in [4.78, 5) is 21.7. The average molecular weight is 365 g/mol. The molecule has 2 N–H and O–H groups in total. The van der Waals surface area contributed by atoms with Gasteiger partial charge >= 0.3 is 6.18 Å². The smallest absolute Gasteiger partial charge is 0.357 e. The number of carbonyl (C=O) groups excluding carboxylic acids is 1. The third kappa shape index (κ3) is 8.14. The minimum absolute atomic E-state index is 0.349. The lowest BCUT2D eigenvalue weighted by molar-refractivity contribution is -0.157. The van der Waals surface area contributed by atoms with Crippen molar-refractivity contribution in [3.63, 3.8) is 0 Å². The number of nitrogens with one attached hydrogen (secondary N) is 2. The molecule has 10 heteroatoms. The number of alkyl halides is 3. The lowest BCUT2D eigenvalue weighted by Gasteiger charge is -2.18. The van der Waals surface area contributed by atoms with Crippen LogP contribution >= 0.6 is 11.3 Å². The molecule has 0 spiro atoms. The molecule has 1 aromatic rings. The van der Waals surface area contributed by atoms with Crippen molar-refractivity contribution in [3.05, 3.63) is 16.1 Å². The molecule has 1 amide bonds. The number of hydrogen-bond donors (Lipinski definition) is 2. The van der Waals surface area contributed by atoms with E-state index in [1.165, 1.54) is 0 Å². The Morgan fingerprint density at radius 2 is 2.12 bits per heavy atom. The van der Waals surface area contributed by atoms with Crippen molar-refractivity contribution in [2.75, 3.05) is 33.2 Å². The van der Waals surface area contributed by atoms with E-state index < -0.39 is 18.6 Å². The molecular weight excluding hydrogens is 343 g/mol. The lowest BCUT2D eigenvalue weighted by atomic mass is 10.4. The van der Waals surface area contributed by atoms with Crippen LogP contribution in [0.2, 0.25) is 0 Å². The molecule has 0 aliphatic heterocycles. The van der Waals surface area contributed by atoms with Gasteiger partial charge in [-0.2, -0.15) is 13.2 Å². The van der Waals surface area contributed by atoms with Crippen LogP contribution in [0.4, 0.5) is 13.2 Å². The second-order valence-corrected chi connectivity index (χ2v) is 6.42. The van der Waals surface area contributed by atoms with Crippen molar-refractivity contribution in [2.24, 2.45) is 4.99 Å². The zero-order valence-electron chi connectivity index (χ0n) is 13.9. The van der Waals surface area contributed by atoms with Gasteiger partial charge in [0.1, 0.15) is 13.1 Å². The Morgan fingerprint density at radius 1 is 1.42 bits per heavy atom. The zero-order valence-corrected chi connectivity index (χ0v) is 14.7. The first kappa shape index (κ1) is 20.2. The predicted molar refractivity (Wildman–Crippen MR) is 88.2 cm³/mol. The summed E-state index contributed by atoms with van der Waals surface area (Å²) in [5.74, 6) is -0.306. The molecule has 136 valence electrons. The van der Waals surface area contributed by atoms with E-state index in [2.05, 4.69) is 20.6 Å². The molecule has 0 bridgehead atoms. The molecule has 0 fully saturated rings. The van der Waals surface area contributed by atoms with Crippen molar-refractivity contribution in [2.45, 2.75) is 26.4 Å². The largest absolute Gasteiger partial charge is 0.406 e. The molecule has 1 aromatic heterocycles. The number of amides is 1. The molecule has 0 saturated heterocycles. The molecule has 1 rings (SSSR count). The van der Waals surface area contributed by atoms with Gasteiger partial charge in [-0.15, -0.1) is 11.3 Å². The number of nitrogens with zero attached hydrogens (tertiary/aromatic N) is 3. The Kier molecular flexibility index (Phi) is 7.96. The van der Waals surface area contributed by atoms with E-state index >= 15 is 0 Å². The highest BCUT2D eigenvalue weighted by molar-refractivity contribution is 7.11. The molecule has 0 aromatic carbocycles. The fourth-order valence-electron chi connectivity index (χ4n) is 1.77. The minimum Gasteiger partial charge on any atom is -0.357 e. The summed E-state index contributed by atoms with van der Waals surface area (Å²) in [7, 11) is 1.11. The van der Waals surface area contributed by atoms with Crippen LogP contribution in [-0.4, -0.2) is 61.2 Å². The van der Waals surface area contributed by atoms with E-state index in [0.717, 1.165) is 16.9 Å². The van der Waals surface area contributed by atoms with Crippen molar-refractivity contribution >= 4 is 23.2 Å². The van der Waals surface area contributed by atoms with Gasteiger partial charge in [-0.3, -0.25) is 4.79 Å². The SMILES string of the molecule is CCNC(=NCC(=O)N(C)CC(F)(F)F)NCCc1ncc(C)s1. The van der Waals surface area contributed by atoms with E-state index in [4.69, 9.17) is 0 Å². The van der Waals surface area contributed by atoms with Gasteiger partial charge in [0.15, 0.2) is 5.96 Å². The van der Waals surface area contributed by atoms with Gasteiger partial charge in [0, 0.05) is 37.6 Å². The summed E-state index contributed by atoms with van der Waals surface area (Å²) in [5, 5.41) is 6.96. The predicted octanol–water partition coefficient (Wildman–Crippen LogP) is 1.57. The number of likely N-dealkylation sites (N-methyl/N-ethyl adjacent to an activating group) is 1. The van der Waals surface area contributed by atoms with Crippen LogP contribution < -0.4 is 10.6 Å². The Balaban J connectivity index is 2.47. The number of thiazole rings is 1. The number of aryl methyl sites for hydroxylation is 1. The topological polar surface area (TPSA) is 69.6 Å². The summed E-state index contributed by atoms with van der Waals surface area (Å²) < 4.78 is 36.8. The number of aromatic nitrogens is 1. The van der Waals surface area contributed by atoms with Gasteiger partial charge in [-0.05, 0) is 13.8 Å². The van der Waals surface area contributed by atoms with E-state index in [-0.39, 0.29) is 6.54 Å². The van der Waals surface area contributed by atoms with Crippen molar-refractivity contribution in [3.8, 4) is 0 Å². The fraction of sp³-hybridized carbons (Fsp3) is 0.643. The minimum atomic E-state index is -4.41. The molecule has 0 unspecified atom stereocenters. The van der Waals surface area contributed by atoms with Crippen molar-refractivity contribution in [1.82, 2.24) is 20.5 Å². The van der Waals surface area contributed by atoms with Gasteiger partial charge in [-0.25, -0.2) is 9.98 Å². The van der Waals surface area contributed by atoms with Gasteiger partial charge in [0.2, 0.25) is 5.91 Å². The normalized spacial score (nSPS) is 12.2. The van der Waals surface area contributed by atoms with E-state index in [1.807, 2.05) is 13.8 Å². The first-order chi connectivity index (χ1) is 11.2. The van der Waals surface area contributed by atoms with Crippen LogP contribution in [0.5, 0.6) is 0 Å². The van der Waals surface area contributed by atoms with Gasteiger partial charge < -0.3 is 15.5 Å². The number of guanidine groups is 1. The van der Waals surface area contributed by atoms with Crippen molar-refractivity contribution in [1.29, 1.82) is 0 Å². The maximum Gasteiger partial charge on any atom is 0.406 e. The molecule has 1 heterocycles. The molecule has 6 nitrogen and oxygen atoms in total. The second kappa shape index (κ2) is 9.45. The van der Waals surface area contributed by atoms with Crippen LogP contribution in [0.3, 0.4) is 0 Å². The van der Waals surface area contributed by atoms with Crippen LogP contribution in [0.15, 0.2) is 11.2 Å². The monoisotopic (exact) mass is 365 g/mol. The second-order valence-electron chi connectivity index (χ2n) is 5.10. The first-order valence-electron chi connectivity index (χ1n) is 7.45. The summed E-state index contributed by atoms with van der Waals surface area (Å²) in [5.41, 5.74) is 0. The Morgan fingerprint density at radius 3 is 2.67 bits per heavy atom. The number of hydrogen-bond acceptors (Lipinski definition) is 4. The summed E-state index contributed by atoms with van der Waals surface area (Å²) >= 11 is 1.60. The maximum absolute atomic E-state index is 12.3. The van der Waals surface area contributed by atoms with Crippen molar-refractivity contribution < 1.29 is 18.0 Å². The average Bonchev–Trinajstić information content (AvgIpc) is 2.88. The molecule has 0 saturated carbocycles. The van der Waals surface area contributed by atoms with Crippen LogP contribution in [0, 0.1) is 6.92 Å². The van der Waals surface area contributed by atoms with Gasteiger partial charge in [0.05, 0.1) is 5.01 Å². The van der Waals surface area contributed by atoms with Crippen LogP contribution in [0.25, 0.3) is 0 Å². The third-order valence-corrected chi connectivity index (χ3v) is 3.83. The van der Waals surface area contributed by atoms with E-state index in [1.54, 1.807) is 17.5 Å². The number of halogens is 3. The highest BCUT2D eigenvalue weighted by Gasteiger charge is 2.30. The first-order valence-corrected chi connectivity index (χ1v) is 8.27. The number of rotatable bonds is 7. The third-order valence-electron chi connectivity index (χ3n) is 2.86. The Hall–Kier alpha value is -1.84. The van der Waals surface area contributed by atoms with E-state index in [9.17, 15) is 18.0 Å². The molecule has 0 aliphatic carbocycles. The molecule has 0 atom stereocenters. The Bertz CT molecular complexity index is 559. The molecule has 24 heavy (non-hydrogen) atoms. The standard InChI is InChI=1S/C14H22F3N5OS/c1-4-18-13(19-6-5-11-20-7-10(2)24-11)21-8-12(23)22(3)9-14(15,16)17/h7H,4-6,8-9H2,1-3H3,(H2,18,19,21). The highest BCUT2D eigenvalue weighted by atomic mass is 32.1. The molecular formula is C14H22F3N5OS. The molecule has 0 radical (unpaired) electrons. The van der Waals surface area contributed by atoms with Gasteiger partial charge in [0.25, 0.3) is 0 Å². The van der Waals surface area contributed by atoms with Crippen LogP contribution in [-0.2, 0) is 11.2 Å². The zero-order chi connectivity index (χ0) is 18.2. The number of carbonyl (C=O) groups is 1. The fourth-order valence-corrected chi connectivity index (χ4v) is 2.56. The maximum atomic E-state index is 12.3. The summed E-state index contributed by atoms with van der Waals surface area (Å²) in [6.07, 6.45) is -1.91. The van der Waals surface area contributed by atoms with E-state index in [0.29, 0.717) is 30.4 Å². The summed E-state index contributed by atoms with van der Waals surface area (Å²) in [6, 6.07) is 0. The highest BCUT2D eigenvalue weighted by Crippen LogP contribution is 2.15. The quantitative estimate of drug-likeness (QED) is 0.569. The van der Waals surface area contributed by atoms with Gasteiger partial charge in [-0.1, -0.05) is 0 Å².